The summed E-state index contributed by atoms with van der Waals surface area (Å²) in [4.78, 5) is 13.7. The molecule has 0 radical (unpaired) electrons. The first-order valence-corrected chi connectivity index (χ1v) is 5.48. The Labute approximate surface area is 108 Å². The monoisotopic (exact) mass is 260 g/mol. The second-order valence-corrected chi connectivity index (χ2v) is 4.05. The van der Waals surface area contributed by atoms with Gasteiger partial charge < -0.3 is 19.9 Å². The summed E-state index contributed by atoms with van der Waals surface area (Å²) in [7, 11) is 1.19. The number of hydrogen-bond acceptors (Lipinski definition) is 5. The molecule has 1 aromatic carbocycles. The number of nitrogens with zero attached hydrogens (tertiary/aromatic N) is 1. The van der Waals surface area contributed by atoms with Crippen molar-refractivity contribution in [2.45, 2.75) is 11.9 Å². The molecule has 98 valence electrons. The van der Waals surface area contributed by atoms with Gasteiger partial charge in [-0.15, -0.1) is 0 Å². The summed E-state index contributed by atoms with van der Waals surface area (Å²) < 4.78 is 4.86. The van der Waals surface area contributed by atoms with E-state index in [1.165, 1.54) is 31.5 Å². The van der Waals surface area contributed by atoms with Crippen molar-refractivity contribution in [1.82, 2.24) is 4.98 Å². The first-order chi connectivity index (χ1) is 9.06. The Balaban J connectivity index is 2.57. The molecule has 1 heterocycles. The van der Waals surface area contributed by atoms with Crippen molar-refractivity contribution < 1.29 is 19.7 Å². The van der Waals surface area contributed by atoms with Crippen LogP contribution in [-0.4, -0.2) is 34.7 Å². The number of ether oxygens (including phenoxy) is 1. The maximum Gasteiger partial charge on any atom is 0.233 e. The summed E-state index contributed by atoms with van der Waals surface area (Å²) in [6, 6.07) is 6.16. The Bertz CT molecular complexity index is 658. The molecule has 2 unspecified atom stereocenters. The van der Waals surface area contributed by atoms with E-state index in [9.17, 15) is 15.0 Å². The van der Waals surface area contributed by atoms with Gasteiger partial charge in [-0.2, -0.15) is 5.26 Å². The molecular formula is C13H12N2O4. The normalized spacial score (nSPS) is 15.7. The van der Waals surface area contributed by atoms with Gasteiger partial charge in [0.15, 0.2) is 12.4 Å². The minimum Gasteiger partial charge on any atom is -0.373 e. The Kier molecular flexibility index (Phi) is 3.36. The standard InChI is InChI=1S/C13H12N2O4/c1-19-13(18,12(17)5-14)9-2-3-10-8(7-16)6-15-11(10)4-9/h2-4,6-7,12,15,17-18H,1H3. The highest BCUT2D eigenvalue weighted by molar-refractivity contribution is 5.97. The molecule has 6 heteroatoms. The molecule has 0 spiro atoms. The number of nitrogens with one attached hydrogen (secondary N) is 1. The van der Waals surface area contributed by atoms with Crippen LogP contribution in [0.2, 0.25) is 0 Å². The molecule has 0 saturated heterocycles. The number of methoxy groups -OCH3 is 1. The van der Waals surface area contributed by atoms with Crippen molar-refractivity contribution >= 4 is 17.2 Å². The van der Waals surface area contributed by atoms with Gasteiger partial charge in [-0.25, -0.2) is 0 Å². The molecule has 1 aromatic heterocycles. The number of nitriles is 1. The Morgan fingerprint density at radius 3 is 2.89 bits per heavy atom. The lowest BCUT2D eigenvalue weighted by atomic mass is 9.99. The largest absolute Gasteiger partial charge is 0.373 e. The molecule has 2 rings (SSSR count). The van der Waals surface area contributed by atoms with Crippen molar-refractivity contribution in [2.24, 2.45) is 0 Å². The van der Waals surface area contributed by atoms with Crippen molar-refractivity contribution in [1.29, 1.82) is 5.26 Å². The average molecular weight is 260 g/mol. The second kappa shape index (κ2) is 4.82. The lowest BCUT2D eigenvalue weighted by molar-refractivity contribution is -0.237. The Morgan fingerprint density at radius 2 is 2.32 bits per heavy atom. The van der Waals surface area contributed by atoms with E-state index in [-0.39, 0.29) is 5.56 Å². The van der Waals surface area contributed by atoms with Crippen LogP contribution in [0.5, 0.6) is 0 Å². The maximum atomic E-state index is 10.8. The fraction of sp³-hybridized carbons (Fsp3) is 0.231. The number of aromatic nitrogens is 1. The van der Waals surface area contributed by atoms with Crippen LogP contribution in [0.25, 0.3) is 10.9 Å². The number of aliphatic hydroxyl groups is 2. The summed E-state index contributed by atoms with van der Waals surface area (Å²) in [5, 5.41) is 29.2. The number of carbonyl (C=O) groups is 1. The molecular weight excluding hydrogens is 248 g/mol. The highest BCUT2D eigenvalue weighted by Crippen LogP contribution is 2.29. The summed E-state index contributed by atoms with van der Waals surface area (Å²) in [5.74, 6) is -2.12. The summed E-state index contributed by atoms with van der Waals surface area (Å²) >= 11 is 0. The number of hydrogen-bond donors (Lipinski definition) is 3. The van der Waals surface area contributed by atoms with Crippen LogP contribution < -0.4 is 0 Å². The SMILES string of the molecule is COC(O)(c1ccc2c(C=O)c[nH]c2c1)C(O)C#N. The highest BCUT2D eigenvalue weighted by atomic mass is 16.6. The molecule has 2 aromatic rings. The fourth-order valence-electron chi connectivity index (χ4n) is 1.94. The second-order valence-electron chi connectivity index (χ2n) is 4.05. The molecule has 0 amide bonds. The molecule has 0 aliphatic heterocycles. The van der Waals surface area contributed by atoms with Gasteiger partial charge in [0, 0.05) is 35.3 Å². The van der Waals surface area contributed by atoms with Gasteiger partial charge in [0.25, 0.3) is 0 Å². The molecule has 0 saturated carbocycles. The van der Waals surface area contributed by atoms with Crippen molar-refractivity contribution in [3.8, 4) is 6.07 Å². The number of carbonyl (C=O) groups excluding carboxylic acids is 1. The van der Waals surface area contributed by atoms with Gasteiger partial charge in [-0.05, 0) is 6.07 Å². The van der Waals surface area contributed by atoms with Gasteiger partial charge in [0.2, 0.25) is 5.79 Å². The Morgan fingerprint density at radius 1 is 1.58 bits per heavy atom. The van der Waals surface area contributed by atoms with Crippen molar-refractivity contribution in [3.63, 3.8) is 0 Å². The van der Waals surface area contributed by atoms with Crippen LogP contribution in [0.1, 0.15) is 15.9 Å². The number of aliphatic hydroxyl groups excluding tert-OH is 1. The molecule has 0 fully saturated rings. The lowest BCUT2D eigenvalue weighted by Gasteiger charge is -2.27. The third-order valence-corrected chi connectivity index (χ3v) is 3.06. The van der Waals surface area contributed by atoms with Crippen LogP contribution in [0, 0.1) is 11.3 Å². The van der Waals surface area contributed by atoms with Gasteiger partial charge in [-0.3, -0.25) is 4.79 Å². The Hall–Kier alpha value is -2.20. The zero-order valence-electron chi connectivity index (χ0n) is 10.1. The van der Waals surface area contributed by atoms with Gasteiger partial charge in [-0.1, -0.05) is 12.1 Å². The number of aromatic amines is 1. The smallest absolute Gasteiger partial charge is 0.233 e. The van der Waals surface area contributed by atoms with E-state index in [1.54, 1.807) is 6.07 Å². The van der Waals surface area contributed by atoms with Crippen LogP contribution in [-0.2, 0) is 10.5 Å². The summed E-state index contributed by atoms with van der Waals surface area (Å²) in [6.07, 6.45) is 0.523. The zero-order chi connectivity index (χ0) is 14.0. The predicted octanol–water partition coefficient (Wildman–Crippen LogP) is 0.656. The predicted molar refractivity (Wildman–Crippen MR) is 66.2 cm³/mol. The maximum absolute atomic E-state index is 10.8. The molecule has 0 bridgehead atoms. The quantitative estimate of drug-likeness (QED) is 0.425. The molecule has 0 aliphatic rings. The van der Waals surface area contributed by atoms with E-state index in [0.29, 0.717) is 22.8 Å². The highest BCUT2D eigenvalue weighted by Gasteiger charge is 2.38. The van der Waals surface area contributed by atoms with E-state index < -0.39 is 11.9 Å². The van der Waals surface area contributed by atoms with Gasteiger partial charge in [0.05, 0.1) is 0 Å². The van der Waals surface area contributed by atoms with E-state index in [2.05, 4.69) is 4.98 Å². The molecule has 6 nitrogen and oxygen atoms in total. The first-order valence-electron chi connectivity index (χ1n) is 5.48. The molecule has 19 heavy (non-hydrogen) atoms. The number of fused-ring (bicyclic) bond motifs is 1. The first kappa shape index (κ1) is 13.2. The van der Waals surface area contributed by atoms with Crippen molar-refractivity contribution in [3.05, 3.63) is 35.5 Å². The lowest BCUT2D eigenvalue weighted by Crippen LogP contribution is -2.40. The van der Waals surface area contributed by atoms with Gasteiger partial charge >= 0.3 is 0 Å². The summed E-state index contributed by atoms with van der Waals surface area (Å²) in [5.41, 5.74) is 1.31. The number of aldehydes is 1. The zero-order valence-corrected chi connectivity index (χ0v) is 10.1. The van der Waals surface area contributed by atoms with E-state index in [0.717, 1.165) is 0 Å². The molecule has 3 N–H and O–H groups in total. The molecule has 0 aliphatic carbocycles. The summed E-state index contributed by atoms with van der Waals surface area (Å²) in [6.45, 7) is 0. The third kappa shape index (κ3) is 2.00. The van der Waals surface area contributed by atoms with Crippen LogP contribution in [0.4, 0.5) is 0 Å². The minimum atomic E-state index is -2.12. The van der Waals surface area contributed by atoms with Crippen LogP contribution in [0.15, 0.2) is 24.4 Å². The van der Waals surface area contributed by atoms with Crippen molar-refractivity contribution in [2.75, 3.05) is 7.11 Å². The van der Waals surface area contributed by atoms with E-state index in [4.69, 9.17) is 10.00 Å². The van der Waals surface area contributed by atoms with E-state index >= 15 is 0 Å². The number of benzene rings is 1. The number of rotatable bonds is 4. The fourth-order valence-corrected chi connectivity index (χ4v) is 1.94. The van der Waals surface area contributed by atoms with Crippen LogP contribution in [0.3, 0.4) is 0 Å². The average Bonchev–Trinajstić information content (AvgIpc) is 2.87. The topological polar surface area (TPSA) is 106 Å². The third-order valence-electron chi connectivity index (χ3n) is 3.06. The molecule has 2 atom stereocenters. The van der Waals surface area contributed by atoms with Gasteiger partial charge in [0.1, 0.15) is 6.07 Å². The van der Waals surface area contributed by atoms with E-state index in [1.807, 2.05) is 0 Å². The number of H-pyrrole nitrogens is 1. The minimum absolute atomic E-state index is 0.218. The van der Waals surface area contributed by atoms with Crippen LogP contribution >= 0.6 is 0 Å².